The van der Waals surface area contributed by atoms with Gasteiger partial charge in [-0.3, -0.25) is 4.79 Å². The van der Waals surface area contributed by atoms with Crippen LogP contribution in [0.3, 0.4) is 0 Å². The number of anilines is 1. The minimum atomic E-state index is -4.65. The normalized spacial score (nSPS) is 12.1. The van der Waals surface area contributed by atoms with Crippen molar-refractivity contribution in [1.82, 2.24) is 9.97 Å². The first-order valence-electron chi connectivity index (χ1n) is 6.16. The van der Waals surface area contributed by atoms with Crippen molar-refractivity contribution < 1.29 is 18.3 Å². The molecule has 0 aliphatic heterocycles. The molecule has 0 amide bonds. The Morgan fingerprint density at radius 1 is 1.38 bits per heavy atom. The Morgan fingerprint density at radius 3 is 2.57 bits per heavy atom. The molecule has 0 unspecified atom stereocenters. The molecule has 0 spiro atoms. The SMILES string of the molecule is CN(C)c1nc2[nH]c(=O)c(CCCO)c(C(F)(F)F)c2s1. The number of pyridine rings is 1. The van der Waals surface area contributed by atoms with Crippen molar-refractivity contribution in [2.45, 2.75) is 19.0 Å². The van der Waals surface area contributed by atoms with E-state index in [0.29, 0.717) is 5.13 Å². The minimum absolute atomic E-state index is 0.0613. The smallest absolute Gasteiger partial charge is 0.396 e. The second kappa shape index (κ2) is 5.64. The summed E-state index contributed by atoms with van der Waals surface area (Å²) in [4.78, 5) is 19.9. The van der Waals surface area contributed by atoms with Crippen molar-refractivity contribution in [3.63, 3.8) is 0 Å². The average molecular weight is 321 g/mol. The molecule has 0 aliphatic rings. The van der Waals surface area contributed by atoms with Gasteiger partial charge in [0, 0.05) is 26.3 Å². The van der Waals surface area contributed by atoms with Crippen LogP contribution in [-0.4, -0.2) is 35.8 Å². The highest BCUT2D eigenvalue weighted by Gasteiger charge is 2.38. The lowest BCUT2D eigenvalue weighted by molar-refractivity contribution is -0.136. The number of aliphatic hydroxyl groups excluding tert-OH is 1. The molecular weight excluding hydrogens is 307 g/mol. The number of alkyl halides is 3. The van der Waals surface area contributed by atoms with Gasteiger partial charge in [-0.2, -0.15) is 13.2 Å². The molecule has 0 saturated heterocycles. The maximum Gasteiger partial charge on any atom is 0.418 e. The van der Waals surface area contributed by atoms with Gasteiger partial charge in [-0.05, 0) is 12.8 Å². The summed E-state index contributed by atoms with van der Waals surface area (Å²) in [6.07, 6.45) is -4.68. The molecule has 2 rings (SSSR count). The van der Waals surface area contributed by atoms with Gasteiger partial charge in [0.05, 0.1) is 10.3 Å². The molecule has 21 heavy (non-hydrogen) atoms. The molecule has 2 aromatic rings. The topological polar surface area (TPSA) is 69.2 Å². The maximum absolute atomic E-state index is 13.3. The maximum atomic E-state index is 13.3. The van der Waals surface area contributed by atoms with Crippen LogP contribution in [0.25, 0.3) is 10.3 Å². The molecule has 0 saturated carbocycles. The number of hydrogen-bond donors (Lipinski definition) is 2. The fourth-order valence-electron chi connectivity index (χ4n) is 1.98. The first kappa shape index (κ1) is 15.8. The predicted molar refractivity (Wildman–Crippen MR) is 75.0 cm³/mol. The highest BCUT2D eigenvalue weighted by Crippen LogP contribution is 2.39. The van der Waals surface area contributed by atoms with Crippen molar-refractivity contribution >= 4 is 26.8 Å². The summed E-state index contributed by atoms with van der Waals surface area (Å²) < 4.78 is 40.0. The third kappa shape index (κ3) is 3.03. The van der Waals surface area contributed by atoms with E-state index in [4.69, 9.17) is 5.11 Å². The Labute approximate surface area is 122 Å². The van der Waals surface area contributed by atoms with Crippen LogP contribution in [-0.2, 0) is 12.6 Å². The highest BCUT2D eigenvalue weighted by molar-refractivity contribution is 7.22. The first-order chi connectivity index (χ1) is 9.75. The standard InChI is InChI=1S/C12H14F3N3O2S/c1-18(2)11-17-9-8(21-11)7(12(13,14)15)6(4-3-5-19)10(20)16-9/h19H,3-5H2,1-2H3,(H,16,20). The summed E-state index contributed by atoms with van der Waals surface area (Å²) in [5.41, 5.74) is -2.16. The van der Waals surface area contributed by atoms with Gasteiger partial charge in [0.15, 0.2) is 10.8 Å². The van der Waals surface area contributed by atoms with Crippen molar-refractivity contribution in [1.29, 1.82) is 0 Å². The molecule has 9 heteroatoms. The van der Waals surface area contributed by atoms with Gasteiger partial charge in [-0.25, -0.2) is 4.98 Å². The van der Waals surface area contributed by atoms with Crippen LogP contribution in [0, 0.1) is 0 Å². The van der Waals surface area contributed by atoms with Crippen LogP contribution in [0.1, 0.15) is 17.5 Å². The van der Waals surface area contributed by atoms with E-state index in [0.717, 1.165) is 11.3 Å². The zero-order valence-corrected chi connectivity index (χ0v) is 12.2. The lowest BCUT2D eigenvalue weighted by Gasteiger charge is -2.12. The van der Waals surface area contributed by atoms with Crippen molar-refractivity contribution in [3.8, 4) is 0 Å². The largest absolute Gasteiger partial charge is 0.418 e. The number of rotatable bonds is 4. The monoisotopic (exact) mass is 321 g/mol. The summed E-state index contributed by atoms with van der Waals surface area (Å²) in [7, 11) is 3.32. The van der Waals surface area contributed by atoms with Crippen molar-refractivity contribution in [2.75, 3.05) is 25.6 Å². The molecule has 0 radical (unpaired) electrons. The number of aromatic amines is 1. The van der Waals surface area contributed by atoms with Crippen LogP contribution in [0.4, 0.5) is 18.3 Å². The van der Waals surface area contributed by atoms with E-state index in [1.54, 1.807) is 19.0 Å². The van der Waals surface area contributed by atoms with E-state index in [-0.39, 0.29) is 35.4 Å². The van der Waals surface area contributed by atoms with Crippen LogP contribution in [0.2, 0.25) is 0 Å². The van der Waals surface area contributed by atoms with Crippen molar-refractivity contribution in [2.24, 2.45) is 0 Å². The zero-order valence-electron chi connectivity index (χ0n) is 11.4. The van der Waals surface area contributed by atoms with Crippen molar-refractivity contribution in [3.05, 3.63) is 21.5 Å². The predicted octanol–water partition coefficient (Wildman–Crippen LogP) is 1.99. The number of nitrogens with one attached hydrogen (secondary N) is 1. The molecule has 2 heterocycles. The Morgan fingerprint density at radius 2 is 2.05 bits per heavy atom. The van der Waals surface area contributed by atoms with Crippen LogP contribution < -0.4 is 10.5 Å². The number of thiazole rings is 1. The van der Waals surface area contributed by atoms with Crippen LogP contribution >= 0.6 is 11.3 Å². The van der Waals surface area contributed by atoms with Gasteiger partial charge in [0.1, 0.15) is 0 Å². The third-order valence-corrected chi connectivity index (χ3v) is 4.14. The number of halogens is 3. The molecule has 0 atom stereocenters. The summed E-state index contributed by atoms with van der Waals surface area (Å²) >= 11 is 0.877. The summed E-state index contributed by atoms with van der Waals surface area (Å²) in [6.45, 7) is -0.277. The molecule has 2 aromatic heterocycles. The van der Waals surface area contributed by atoms with E-state index < -0.39 is 17.3 Å². The molecular formula is C12H14F3N3O2S. The zero-order chi connectivity index (χ0) is 15.8. The fourth-order valence-corrected chi connectivity index (χ4v) is 3.02. The molecule has 5 nitrogen and oxygen atoms in total. The Kier molecular flexibility index (Phi) is 4.24. The fraction of sp³-hybridized carbons (Fsp3) is 0.500. The summed E-state index contributed by atoms with van der Waals surface area (Å²) in [5.74, 6) is 0. The van der Waals surface area contributed by atoms with Gasteiger partial charge in [0.2, 0.25) is 0 Å². The Hall–Kier alpha value is -1.61. The molecule has 0 aromatic carbocycles. The Balaban J connectivity index is 2.77. The molecule has 116 valence electrons. The second-order valence-corrected chi connectivity index (χ2v) is 5.68. The van der Waals surface area contributed by atoms with E-state index in [1.165, 1.54) is 0 Å². The quantitative estimate of drug-likeness (QED) is 0.904. The number of hydrogen-bond acceptors (Lipinski definition) is 5. The van der Waals surface area contributed by atoms with E-state index in [2.05, 4.69) is 9.97 Å². The highest BCUT2D eigenvalue weighted by atomic mass is 32.1. The lowest BCUT2D eigenvalue weighted by atomic mass is 10.0. The first-order valence-corrected chi connectivity index (χ1v) is 6.98. The summed E-state index contributed by atoms with van der Waals surface area (Å²) in [5, 5.41) is 9.17. The summed E-state index contributed by atoms with van der Waals surface area (Å²) in [6, 6.07) is 0. The third-order valence-electron chi connectivity index (χ3n) is 2.90. The van der Waals surface area contributed by atoms with Crippen LogP contribution in [0.15, 0.2) is 4.79 Å². The van der Waals surface area contributed by atoms with E-state index in [1.807, 2.05) is 0 Å². The second-order valence-electron chi connectivity index (χ2n) is 4.70. The number of fused-ring (bicyclic) bond motifs is 1. The van der Waals surface area contributed by atoms with E-state index in [9.17, 15) is 18.0 Å². The molecule has 2 N–H and O–H groups in total. The van der Waals surface area contributed by atoms with Gasteiger partial charge in [-0.1, -0.05) is 11.3 Å². The van der Waals surface area contributed by atoms with Gasteiger partial charge in [-0.15, -0.1) is 0 Å². The number of nitrogens with zero attached hydrogens (tertiary/aromatic N) is 2. The number of aromatic nitrogens is 2. The van der Waals surface area contributed by atoms with Gasteiger partial charge < -0.3 is 15.0 Å². The minimum Gasteiger partial charge on any atom is -0.396 e. The number of aliphatic hydroxyl groups is 1. The molecule has 0 aliphatic carbocycles. The molecule has 0 bridgehead atoms. The average Bonchev–Trinajstić information content (AvgIpc) is 2.77. The van der Waals surface area contributed by atoms with E-state index >= 15 is 0 Å². The van der Waals surface area contributed by atoms with Gasteiger partial charge in [0.25, 0.3) is 5.56 Å². The Bertz CT molecular complexity index is 706. The van der Waals surface area contributed by atoms with Crippen LogP contribution in [0.5, 0.6) is 0 Å². The number of H-pyrrole nitrogens is 1. The molecule has 0 fully saturated rings. The lowest BCUT2D eigenvalue weighted by Crippen LogP contribution is -2.21. The van der Waals surface area contributed by atoms with Gasteiger partial charge >= 0.3 is 6.18 Å².